The molecule has 50 heavy (non-hydrogen) atoms. The van der Waals surface area contributed by atoms with E-state index >= 15 is 0 Å². The van der Waals surface area contributed by atoms with Crippen LogP contribution in [0.4, 0.5) is 0 Å². The van der Waals surface area contributed by atoms with Gasteiger partial charge in [-0.25, -0.2) is 0 Å². The van der Waals surface area contributed by atoms with E-state index in [-0.39, 0.29) is 0 Å². The maximum atomic E-state index is 6.01. The molecule has 0 spiro atoms. The molecule has 2 heterocycles. The Morgan fingerprint density at radius 1 is 0.400 bits per heavy atom. The van der Waals surface area contributed by atoms with Crippen molar-refractivity contribution in [3.63, 3.8) is 0 Å². The van der Waals surface area contributed by atoms with Gasteiger partial charge in [0, 0.05) is 21.5 Å². The Bertz CT molecular complexity index is 2660. The summed E-state index contributed by atoms with van der Waals surface area (Å²) in [6, 6.07) is 51.7. The Hall–Kier alpha value is -5.86. The predicted molar refractivity (Wildman–Crippen MR) is 212 cm³/mol. The first-order chi connectivity index (χ1) is 24.3. The number of hydrogen-bond acceptors (Lipinski definition) is 2. The fourth-order valence-corrected chi connectivity index (χ4v) is 7.14. The monoisotopic (exact) mass is 648 g/mol. The Labute approximate surface area is 293 Å². The van der Waals surface area contributed by atoms with Gasteiger partial charge in [-0.15, -0.1) is 0 Å². The normalized spacial score (nSPS) is 11.5. The Morgan fingerprint density at radius 3 is 1.82 bits per heavy atom. The third kappa shape index (κ3) is 5.77. The zero-order chi connectivity index (χ0) is 34.4. The van der Waals surface area contributed by atoms with Crippen LogP contribution >= 0.6 is 0 Å². The Kier molecular flexibility index (Phi) is 8.09. The number of para-hydroxylation sites is 2. The summed E-state index contributed by atoms with van der Waals surface area (Å²) in [5.74, 6) is 0.486. The van der Waals surface area contributed by atoms with Gasteiger partial charge >= 0.3 is 0 Å². The quantitative estimate of drug-likeness (QED) is 0.190. The molecule has 0 aliphatic carbocycles. The van der Waals surface area contributed by atoms with Crippen LogP contribution in [0.25, 0.3) is 77.3 Å². The SMILES string of the molecule is Cc1ccc2oc3c(C(C)C)cccc3c2c1.Cc1ccccc1-c1cc(-c2cccc(-c3ccc4oc5ccccc5c4c3)c2)ccc1C. The highest BCUT2D eigenvalue weighted by molar-refractivity contribution is 6.07. The summed E-state index contributed by atoms with van der Waals surface area (Å²) in [6.07, 6.45) is 0. The maximum Gasteiger partial charge on any atom is 0.138 e. The zero-order valence-electron chi connectivity index (χ0n) is 29.3. The lowest BCUT2D eigenvalue weighted by Gasteiger charge is -2.13. The van der Waals surface area contributed by atoms with E-state index in [1.54, 1.807) is 0 Å². The highest BCUT2D eigenvalue weighted by Crippen LogP contribution is 2.36. The van der Waals surface area contributed by atoms with E-state index in [0.29, 0.717) is 5.92 Å². The van der Waals surface area contributed by atoms with Crippen LogP contribution in [0.1, 0.15) is 42.0 Å². The van der Waals surface area contributed by atoms with Gasteiger partial charge < -0.3 is 8.83 Å². The number of hydrogen-bond donors (Lipinski definition) is 0. The molecule has 0 fully saturated rings. The third-order valence-corrected chi connectivity index (χ3v) is 9.88. The molecule has 0 N–H and O–H groups in total. The largest absolute Gasteiger partial charge is 0.456 e. The molecule has 9 aromatic rings. The highest BCUT2D eigenvalue weighted by atomic mass is 16.3. The van der Waals surface area contributed by atoms with E-state index in [1.165, 1.54) is 66.4 Å². The molecule has 244 valence electrons. The molecule has 0 aliphatic heterocycles. The van der Waals surface area contributed by atoms with Crippen LogP contribution in [-0.2, 0) is 0 Å². The van der Waals surface area contributed by atoms with Gasteiger partial charge in [0.25, 0.3) is 0 Å². The molecule has 0 saturated carbocycles. The molecule has 2 nitrogen and oxygen atoms in total. The minimum absolute atomic E-state index is 0.486. The average molecular weight is 649 g/mol. The van der Waals surface area contributed by atoms with Crippen LogP contribution in [0.15, 0.2) is 154 Å². The second kappa shape index (κ2) is 12.9. The minimum atomic E-state index is 0.486. The zero-order valence-corrected chi connectivity index (χ0v) is 29.3. The predicted octanol–water partition coefficient (Wildman–Crippen LogP) is 14.2. The van der Waals surface area contributed by atoms with Crippen molar-refractivity contribution in [1.82, 2.24) is 0 Å². The van der Waals surface area contributed by atoms with Gasteiger partial charge in [0.1, 0.15) is 22.3 Å². The van der Waals surface area contributed by atoms with Crippen molar-refractivity contribution in [3.8, 4) is 33.4 Å². The van der Waals surface area contributed by atoms with Gasteiger partial charge in [-0.3, -0.25) is 0 Å². The maximum absolute atomic E-state index is 6.01. The number of aryl methyl sites for hydroxylation is 3. The summed E-state index contributed by atoms with van der Waals surface area (Å²) < 4.78 is 12.0. The molecule has 0 radical (unpaired) electrons. The second-order valence-electron chi connectivity index (χ2n) is 13.7. The molecule has 0 bridgehead atoms. The van der Waals surface area contributed by atoms with Crippen molar-refractivity contribution in [2.75, 3.05) is 0 Å². The van der Waals surface area contributed by atoms with Crippen LogP contribution in [0.2, 0.25) is 0 Å². The average Bonchev–Trinajstić information content (AvgIpc) is 3.70. The first-order valence-electron chi connectivity index (χ1n) is 17.4. The molecule has 0 atom stereocenters. The molecular weight excluding hydrogens is 609 g/mol. The molecule has 2 aromatic heterocycles. The molecule has 0 unspecified atom stereocenters. The molecule has 9 rings (SSSR count). The fraction of sp³-hybridized carbons (Fsp3) is 0.125. The first-order valence-corrected chi connectivity index (χ1v) is 17.4. The van der Waals surface area contributed by atoms with Crippen LogP contribution in [0.5, 0.6) is 0 Å². The fourth-order valence-electron chi connectivity index (χ4n) is 7.14. The summed E-state index contributed by atoms with van der Waals surface area (Å²) in [7, 11) is 0. The minimum Gasteiger partial charge on any atom is -0.456 e. The van der Waals surface area contributed by atoms with Crippen molar-refractivity contribution >= 4 is 43.9 Å². The van der Waals surface area contributed by atoms with Gasteiger partial charge in [0.05, 0.1) is 0 Å². The summed E-state index contributed by atoms with van der Waals surface area (Å²) in [5, 5.41) is 4.77. The number of fused-ring (bicyclic) bond motifs is 6. The second-order valence-corrected chi connectivity index (χ2v) is 13.7. The summed E-state index contributed by atoms with van der Waals surface area (Å²) in [4.78, 5) is 0. The number of rotatable bonds is 4. The van der Waals surface area contributed by atoms with Gasteiger partial charge in [-0.05, 0) is 119 Å². The smallest absolute Gasteiger partial charge is 0.138 e. The van der Waals surface area contributed by atoms with Gasteiger partial charge in [-0.2, -0.15) is 0 Å². The van der Waals surface area contributed by atoms with Crippen LogP contribution in [0.3, 0.4) is 0 Å². The standard InChI is InChI=1S/C32H24O.C16H16O/c1-21-8-3-4-11-27(21)29-19-25(15-14-22(29)2)23-9-7-10-24(18-23)26-16-17-32-30(20-26)28-12-5-6-13-31(28)33-32;1-10(2)12-5-4-6-13-14-9-11(3)7-8-15(14)17-16(12)13/h3-20H,1-2H3;4-10H,1-3H3. The lowest BCUT2D eigenvalue weighted by atomic mass is 9.92. The molecule has 0 amide bonds. The molecular formula is C48H40O2. The number of furan rings is 2. The van der Waals surface area contributed by atoms with Crippen molar-refractivity contribution in [2.45, 2.75) is 40.5 Å². The summed E-state index contributed by atoms with van der Waals surface area (Å²) >= 11 is 0. The van der Waals surface area contributed by atoms with Gasteiger partial charge in [0.2, 0.25) is 0 Å². The lowest BCUT2D eigenvalue weighted by Crippen LogP contribution is -1.89. The van der Waals surface area contributed by atoms with E-state index < -0.39 is 0 Å². The van der Waals surface area contributed by atoms with E-state index in [1.807, 2.05) is 12.1 Å². The molecule has 2 heteroatoms. The summed E-state index contributed by atoms with van der Waals surface area (Å²) in [5.41, 5.74) is 16.5. The van der Waals surface area contributed by atoms with Crippen molar-refractivity contribution < 1.29 is 8.83 Å². The summed E-state index contributed by atoms with van der Waals surface area (Å²) in [6.45, 7) is 10.9. The number of benzene rings is 7. The lowest BCUT2D eigenvalue weighted by molar-refractivity contribution is 0.657. The van der Waals surface area contributed by atoms with Crippen molar-refractivity contribution in [2.24, 2.45) is 0 Å². The Balaban J connectivity index is 0.000000178. The molecule has 0 saturated heterocycles. The third-order valence-electron chi connectivity index (χ3n) is 9.88. The molecule has 7 aromatic carbocycles. The van der Waals surface area contributed by atoms with Crippen LogP contribution in [-0.4, -0.2) is 0 Å². The van der Waals surface area contributed by atoms with E-state index in [4.69, 9.17) is 8.83 Å². The Morgan fingerprint density at radius 2 is 1.00 bits per heavy atom. The van der Waals surface area contributed by atoms with Crippen molar-refractivity contribution in [1.29, 1.82) is 0 Å². The van der Waals surface area contributed by atoms with E-state index in [2.05, 4.69) is 168 Å². The molecule has 0 aliphatic rings. The van der Waals surface area contributed by atoms with E-state index in [0.717, 1.165) is 33.1 Å². The first kappa shape index (κ1) is 31.4. The van der Waals surface area contributed by atoms with E-state index in [9.17, 15) is 0 Å². The topological polar surface area (TPSA) is 26.3 Å². The van der Waals surface area contributed by atoms with Gasteiger partial charge in [0.15, 0.2) is 0 Å². The highest BCUT2D eigenvalue weighted by Gasteiger charge is 2.13. The van der Waals surface area contributed by atoms with Crippen molar-refractivity contribution in [3.05, 3.63) is 168 Å². The van der Waals surface area contributed by atoms with Crippen LogP contribution < -0.4 is 0 Å². The van der Waals surface area contributed by atoms with Crippen LogP contribution in [0, 0.1) is 20.8 Å². The van der Waals surface area contributed by atoms with Gasteiger partial charge in [-0.1, -0.05) is 123 Å².